The summed E-state index contributed by atoms with van der Waals surface area (Å²) < 4.78 is 5.70. The molecule has 3 N–H and O–H groups in total. The second kappa shape index (κ2) is 4.40. The van der Waals surface area contributed by atoms with E-state index in [1.807, 2.05) is 6.92 Å². The van der Waals surface area contributed by atoms with Gasteiger partial charge in [0.15, 0.2) is 0 Å². The SMILES string of the molecule is CCOC(C)(C)C(NN)C1CCC1. The Kier molecular flexibility index (Phi) is 3.71. The number of hydrogen-bond acceptors (Lipinski definition) is 3. The van der Waals surface area contributed by atoms with Crippen molar-refractivity contribution in [2.75, 3.05) is 6.61 Å². The van der Waals surface area contributed by atoms with Crippen LogP contribution in [0.25, 0.3) is 0 Å². The predicted molar refractivity (Wildman–Crippen MR) is 54.2 cm³/mol. The van der Waals surface area contributed by atoms with Crippen LogP contribution in [0.15, 0.2) is 0 Å². The van der Waals surface area contributed by atoms with Crippen molar-refractivity contribution in [2.24, 2.45) is 11.8 Å². The molecule has 0 aliphatic heterocycles. The van der Waals surface area contributed by atoms with Gasteiger partial charge >= 0.3 is 0 Å². The summed E-state index contributed by atoms with van der Waals surface area (Å²) in [5.74, 6) is 6.27. The summed E-state index contributed by atoms with van der Waals surface area (Å²) >= 11 is 0. The average molecular weight is 186 g/mol. The van der Waals surface area contributed by atoms with E-state index in [0.29, 0.717) is 12.0 Å². The predicted octanol–water partition coefficient (Wildman–Crippen LogP) is 1.43. The van der Waals surface area contributed by atoms with Gasteiger partial charge in [0.1, 0.15) is 0 Å². The van der Waals surface area contributed by atoms with Crippen molar-refractivity contribution in [3.63, 3.8) is 0 Å². The van der Waals surface area contributed by atoms with Gasteiger partial charge < -0.3 is 4.74 Å². The molecule has 0 aromatic carbocycles. The fraction of sp³-hybridized carbons (Fsp3) is 1.00. The first kappa shape index (κ1) is 11.0. The molecule has 13 heavy (non-hydrogen) atoms. The normalized spacial score (nSPS) is 21.2. The van der Waals surface area contributed by atoms with Crippen molar-refractivity contribution in [1.82, 2.24) is 5.43 Å². The molecule has 0 saturated heterocycles. The second-order valence-electron chi connectivity index (χ2n) is 4.37. The second-order valence-corrected chi connectivity index (χ2v) is 4.37. The lowest BCUT2D eigenvalue weighted by Crippen LogP contribution is -2.56. The zero-order valence-corrected chi connectivity index (χ0v) is 8.97. The van der Waals surface area contributed by atoms with Crippen LogP contribution in [-0.4, -0.2) is 18.2 Å². The van der Waals surface area contributed by atoms with Gasteiger partial charge in [0.05, 0.1) is 11.6 Å². The number of rotatable bonds is 5. The van der Waals surface area contributed by atoms with Crippen molar-refractivity contribution in [3.8, 4) is 0 Å². The van der Waals surface area contributed by atoms with E-state index in [9.17, 15) is 0 Å². The topological polar surface area (TPSA) is 47.3 Å². The van der Waals surface area contributed by atoms with Crippen LogP contribution in [0.1, 0.15) is 40.0 Å². The van der Waals surface area contributed by atoms with Crippen LogP contribution < -0.4 is 11.3 Å². The third-order valence-corrected chi connectivity index (χ3v) is 3.07. The quantitative estimate of drug-likeness (QED) is 0.504. The molecule has 0 heterocycles. The number of ether oxygens (including phenoxy) is 1. The highest BCUT2D eigenvalue weighted by Crippen LogP contribution is 2.34. The van der Waals surface area contributed by atoms with Crippen molar-refractivity contribution in [3.05, 3.63) is 0 Å². The van der Waals surface area contributed by atoms with Crippen LogP contribution >= 0.6 is 0 Å². The van der Waals surface area contributed by atoms with Gasteiger partial charge in [-0.3, -0.25) is 11.3 Å². The maximum absolute atomic E-state index is 5.70. The van der Waals surface area contributed by atoms with Crippen LogP contribution in [0.4, 0.5) is 0 Å². The summed E-state index contributed by atoms with van der Waals surface area (Å²) in [6, 6.07) is 0.293. The molecule has 0 aromatic heterocycles. The van der Waals surface area contributed by atoms with E-state index in [2.05, 4.69) is 19.3 Å². The first-order chi connectivity index (χ1) is 6.11. The molecule has 1 rings (SSSR count). The van der Waals surface area contributed by atoms with E-state index in [1.165, 1.54) is 19.3 Å². The largest absolute Gasteiger partial charge is 0.374 e. The van der Waals surface area contributed by atoms with Gasteiger partial charge in [-0.25, -0.2) is 0 Å². The van der Waals surface area contributed by atoms with Crippen LogP contribution in [0.5, 0.6) is 0 Å². The Morgan fingerprint density at radius 2 is 2.15 bits per heavy atom. The molecule has 3 heteroatoms. The molecule has 0 spiro atoms. The van der Waals surface area contributed by atoms with Crippen molar-refractivity contribution in [2.45, 2.75) is 51.7 Å². The molecule has 1 unspecified atom stereocenters. The Morgan fingerprint density at radius 1 is 1.54 bits per heavy atom. The number of nitrogens with one attached hydrogen (secondary N) is 1. The lowest BCUT2D eigenvalue weighted by atomic mass is 9.74. The van der Waals surface area contributed by atoms with E-state index in [1.54, 1.807) is 0 Å². The van der Waals surface area contributed by atoms with Gasteiger partial charge in [-0.15, -0.1) is 0 Å². The minimum atomic E-state index is -0.144. The molecular weight excluding hydrogens is 164 g/mol. The molecule has 1 aliphatic rings. The third-order valence-electron chi connectivity index (χ3n) is 3.07. The average Bonchev–Trinajstić information content (AvgIpc) is 1.95. The molecule has 1 saturated carbocycles. The molecule has 1 aliphatic carbocycles. The summed E-state index contributed by atoms with van der Waals surface area (Å²) in [5, 5.41) is 0. The molecular formula is C10H22N2O. The maximum atomic E-state index is 5.70. The van der Waals surface area contributed by atoms with E-state index in [4.69, 9.17) is 10.6 Å². The first-order valence-electron chi connectivity index (χ1n) is 5.22. The number of hydrazine groups is 1. The summed E-state index contributed by atoms with van der Waals surface area (Å²) in [5.41, 5.74) is 2.76. The van der Waals surface area contributed by atoms with Crippen LogP contribution in [0.3, 0.4) is 0 Å². The van der Waals surface area contributed by atoms with Crippen molar-refractivity contribution >= 4 is 0 Å². The lowest BCUT2D eigenvalue weighted by molar-refractivity contribution is -0.0628. The fourth-order valence-electron chi connectivity index (χ4n) is 2.14. The molecule has 0 bridgehead atoms. The van der Waals surface area contributed by atoms with Crippen molar-refractivity contribution < 1.29 is 4.74 Å². The van der Waals surface area contributed by atoms with Gasteiger partial charge in [0.25, 0.3) is 0 Å². The van der Waals surface area contributed by atoms with Crippen molar-refractivity contribution in [1.29, 1.82) is 0 Å². The number of nitrogens with two attached hydrogens (primary N) is 1. The van der Waals surface area contributed by atoms with E-state index in [-0.39, 0.29) is 5.60 Å². The summed E-state index contributed by atoms with van der Waals surface area (Å²) in [7, 11) is 0. The highest BCUT2D eigenvalue weighted by Gasteiger charge is 2.38. The molecule has 1 atom stereocenters. The zero-order valence-electron chi connectivity index (χ0n) is 8.97. The summed E-state index contributed by atoms with van der Waals surface area (Å²) in [6.07, 6.45) is 3.90. The van der Waals surface area contributed by atoms with Gasteiger partial charge in [-0.05, 0) is 39.5 Å². The van der Waals surface area contributed by atoms with Gasteiger partial charge in [-0.2, -0.15) is 0 Å². The van der Waals surface area contributed by atoms with E-state index in [0.717, 1.165) is 6.61 Å². The smallest absolute Gasteiger partial charge is 0.0794 e. The maximum Gasteiger partial charge on any atom is 0.0794 e. The highest BCUT2D eigenvalue weighted by molar-refractivity contribution is 4.92. The standard InChI is InChI=1S/C10H22N2O/c1-4-13-10(2,3)9(12-11)8-6-5-7-8/h8-9,12H,4-7,11H2,1-3H3. The number of hydrogen-bond donors (Lipinski definition) is 2. The monoisotopic (exact) mass is 186 g/mol. The van der Waals surface area contributed by atoms with E-state index >= 15 is 0 Å². The third kappa shape index (κ3) is 2.42. The molecule has 0 radical (unpaired) electrons. The molecule has 0 amide bonds. The van der Waals surface area contributed by atoms with E-state index < -0.39 is 0 Å². The summed E-state index contributed by atoms with van der Waals surface area (Å²) in [4.78, 5) is 0. The molecule has 78 valence electrons. The Bertz CT molecular complexity index is 155. The minimum absolute atomic E-state index is 0.144. The minimum Gasteiger partial charge on any atom is -0.374 e. The fourth-order valence-corrected chi connectivity index (χ4v) is 2.14. The van der Waals surface area contributed by atoms with Gasteiger partial charge in [0.2, 0.25) is 0 Å². The van der Waals surface area contributed by atoms with Gasteiger partial charge in [0, 0.05) is 6.61 Å². The molecule has 0 aromatic rings. The first-order valence-corrected chi connectivity index (χ1v) is 5.22. The Balaban J connectivity index is 2.52. The van der Waals surface area contributed by atoms with Crippen LogP contribution in [0, 0.1) is 5.92 Å². The molecule has 3 nitrogen and oxygen atoms in total. The summed E-state index contributed by atoms with van der Waals surface area (Å²) in [6.45, 7) is 6.99. The van der Waals surface area contributed by atoms with Crippen LogP contribution in [0.2, 0.25) is 0 Å². The van der Waals surface area contributed by atoms with Gasteiger partial charge in [-0.1, -0.05) is 6.42 Å². The Morgan fingerprint density at radius 3 is 2.46 bits per heavy atom. The Hall–Kier alpha value is -0.120. The van der Waals surface area contributed by atoms with Crippen LogP contribution in [-0.2, 0) is 4.74 Å². The zero-order chi connectivity index (χ0) is 9.90. The highest BCUT2D eigenvalue weighted by atomic mass is 16.5. The Labute approximate surface area is 81.0 Å². The lowest BCUT2D eigenvalue weighted by Gasteiger charge is -2.42. The molecule has 1 fully saturated rings.